The Morgan fingerprint density at radius 2 is 2.43 bits per heavy atom. The second-order valence-corrected chi connectivity index (χ2v) is 3.91. The highest BCUT2D eigenvalue weighted by atomic mass is 16.3. The molecule has 14 heavy (non-hydrogen) atoms. The van der Waals surface area contributed by atoms with Crippen LogP contribution in [0.5, 0.6) is 0 Å². The first-order valence-electron chi connectivity index (χ1n) is 5.37. The molecule has 1 heterocycles. The average molecular weight is 200 g/mol. The molecule has 0 aromatic heterocycles. The number of hydrogen-bond acceptors (Lipinski definition) is 3. The minimum Gasteiger partial charge on any atom is -0.394 e. The molecule has 1 unspecified atom stereocenters. The van der Waals surface area contributed by atoms with Crippen LogP contribution in [0, 0.1) is 0 Å². The molecule has 1 amide bonds. The van der Waals surface area contributed by atoms with Gasteiger partial charge in [-0.25, -0.2) is 0 Å². The lowest BCUT2D eigenvalue weighted by atomic mass is 10.1. The quantitative estimate of drug-likeness (QED) is 0.676. The summed E-state index contributed by atoms with van der Waals surface area (Å²) in [6.45, 7) is 2.83. The maximum Gasteiger partial charge on any atom is 0.239 e. The highest BCUT2D eigenvalue weighted by Crippen LogP contribution is 2.18. The van der Waals surface area contributed by atoms with E-state index in [1.54, 1.807) is 4.90 Å². The Kier molecular flexibility index (Phi) is 4.35. The number of nitrogens with zero attached hydrogens (tertiary/aromatic N) is 1. The van der Waals surface area contributed by atoms with E-state index in [9.17, 15) is 4.79 Å². The molecule has 0 saturated carbocycles. The lowest BCUT2D eigenvalue weighted by Crippen LogP contribution is -2.46. The van der Waals surface area contributed by atoms with E-state index >= 15 is 0 Å². The van der Waals surface area contributed by atoms with Crippen LogP contribution in [0.3, 0.4) is 0 Å². The average Bonchev–Trinajstić information content (AvgIpc) is 2.64. The Balaban J connectivity index is 2.50. The third-order valence-corrected chi connectivity index (χ3v) is 2.79. The Labute approximate surface area is 85.1 Å². The monoisotopic (exact) mass is 200 g/mol. The van der Waals surface area contributed by atoms with Gasteiger partial charge in [0.25, 0.3) is 0 Å². The number of aliphatic hydroxyl groups is 1. The number of rotatable bonds is 4. The molecule has 0 spiro atoms. The first-order chi connectivity index (χ1) is 6.70. The van der Waals surface area contributed by atoms with Gasteiger partial charge in [-0.05, 0) is 19.3 Å². The first kappa shape index (κ1) is 11.5. The summed E-state index contributed by atoms with van der Waals surface area (Å²) in [6, 6.07) is -0.377. The van der Waals surface area contributed by atoms with E-state index in [4.69, 9.17) is 10.8 Å². The maximum absolute atomic E-state index is 11.8. The van der Waals surface area contributed by atoms with Crippen LogP contribution in [0.2, 0.25) is 0 Å². The van der Waals surface area contributed by atoms with Crippen LogP contribution in [-0.2, 0) is 4.79 Å². The van der Waals surface area contributed by atoms with Crippen molar-refractivity contribution >= 4 is 5.91 Å². The number of carbonyl (C=O) groups is 1. The molecule has 82 valence electrons. The van der Waals surface area contributed by atoms with Crippen molar-refractivity contribution in [2.24, 2.45) is 5.73 Å². The van der Waals surface area contributed by atoms with E-state index in [1.165, 1.54) is 0 Å². The Morgan fingerprint density at radius 1 is 1.71 bits per heavy atom. The Hall–Kier alpha value is -0.610. The van der Waals surface area contributed by atoms with Gasteiger partial charge in [-0.15, -0.1) is 0 Å². The molecule has 3 N–H and O–H groups in total. The lowest BCUT2D eigenvalue weighted by Gasteiger charge is -2.25. The Morgan fingerprint density at radius 3 is 3.00 bits per heavy atom. The maximum atomic E-state index is 11.8. The summed E-state index contributed by atoms with van der Waals surface area (Å²) in [6.07, 6.45) is 3.54. The third kappa shape index (κ3) is 2.45. The number of aliphatic hydroxyl groups excluding tert-OH is 1. The Bertz CT molecular complexity index is 197. The van der Waals surface area contributed by atoms with Crippen molar-refractivity contribution in [3.63, 3.8) is 0 Å². The molecule has 4 heteroatoms. The van der Waals surface area contributed by atoms with Crippen molar-refractivity contribution in [3.05, 3.63) is 0 Å². The highest BCUT2D eigenvalue weighted by molar-refractivity contribution is 5.82. The summed E-state index contributed by atoms with van der Waals surface area (Å²) in [5.74, 6) is 0.00315. The molecule has 1 saturated heterocycles. The standard InChI is InChI=1S/C10H20N2O2/c1-2-4-9(11)10(14)12-6-3-5-8(12)7-13/h8-9,13H,2-7,11H2,1H3/t8?,9-/m0/s1. The van der Waals surface area contributed by atoms with E-state index in [1.807, 2.05) is 6.92 Å². The molecule has 0 aromatic carbocycles. The molecule has 2 atom stereocenters. The zero-order valence-corrected chi connectivity index (χ0v) is 8.78. The van der Waals surface area contributed by atoms with Gasteiger partial charge < -0.3 is 15.7 Å². The summed E-state index contributed by atoms with van der Waals surface area (Å²) in [4.78, 5) is 13.5. The van der Waals surface area contributed by atoms with E-state index < -0.39 is 0 Å². The lowest BCUT2D eigenvalue weighted by molar-refractivity contribution is -0.134. The van der Waals surface area contributed by atoms with Gasteiger partial charge in [-0.2, -0.15) is 0 Å². The van der Waals surface area contributed by atoms with Crippen LogP contribution in [-0.4, -0.2) is 41.1 Å². The van der Waals surface area contributed by atoms with Gasteiger partial charge in [0, 0.05) is 6.54 Å². The zero-order valence-electron chi connectivity index (χ0n) is 8.78. The molecule has 0 bridgehead atoms. The summed E-state index contributed by atoms with van der Waals surface area (Å²) in [7, 11) is 0. The van der Waals surface area contributed by atoms with E-state index in [0.717, 1.165) is 32.2 Å². The van der Waals surface area contributed by atoms with Gasteiger partial charge in [0.15, 0.2) is 0 Å². The molecule has 0 aromatic rings. The predicted octanol–water partition coefficient (Wildman–Crippen LogP) is 0.0971. The molecule has 1 aliphatic heterocycles. The van der Waals surface area contributed by atoms with Crippen LogP contribution >= 0.6 is 0 Å². The number of hydrogen-bond donors (Lipinski definition) is 2. The van der Waals surface area contributed by atoms with Gasteiger partial charge in [0.2, 0.25) is 5.91 Å². The van der Waals surface area contributed by atoms with Crippen molar-refractivity contribution in [2.75, 3.05) is 13.2 Å². The fraction of sp³-hybridized carbons (Fsp3) is 0.900. The molecule has 1 rings (SSSR count). The van der Waals surface area contributed by atoms with Crippen LogP contribution in [0.15, 0.2) is 0 Å². The molecule has 0 radical (unpaired) electrons. The van der Waals surface area contributed by atoms with Crippen LogP contribution in [0.4, 0.5) is 0 Å². The fourth-order valence-electron chi connectivity index (χ4n) is 1.96. The topological polar surface area (TPSA) is 66.6 Å². The van der Waals surface area contributed by atoms with Gasteiger partial charge in [0.1, 0.15) is 0 Å². The number of carbonyl (C=O) groups excluding carboxylic acids is 1. The number of likely N-dealkylation sites (tertiary alicyclic amines) is 1. The normalized spacial score (nSPS) is 23.9. The van der Waals surface area contributed by atoms with Crippen molar-refractivity contribution in [1.82, 2.24) is 4.90 Å². The largest absolute Gasteiger partial charge is 0.394 e. The van der Waals surface area contributed by atoms with Gasteiger partial charge >= 0.3 is 0 Å². The van der Waals surface area contributed by atoms with Crippen molar-refractivity contribution in [2.45, 2.75) is 44.7 Å². The van der Waals surface area contributed by atoms with Crippen molar-refractivity contribution in [3.8, 4) is 0 Å². The summed E-state index contributed by atoms with van der Waals surface area (Å²) < 4.78 is 0. The van der Waals surface area contributed by atoms with Gasteiger partial charge in [-0.1, -0.05) is 13.3 Å². The van der Waals surface area contributed by atoms with E-state index in [2.05, 4.69) is 0 Å². The minimum absolute atomic E-state index is 0.00315. The third-order valence-electron chi connectivity index (χ3n) is 2.79. The van der Waals surface area contributed by atoms with E-state index in [-0.39, 0.29) is 24.6 Å². The molecular formula is C10H20N2O2. The number of amides is 1. The molecular weight excluding hydrogens is 180 g/mol. The van der Waals surface area contributed by atoms with Gasteiger partial charge in [0.05, 0.1) is 18.7 Å². The van der Waals surface area contributed by atoms with Crippen LogP contribution in [0.25, 0.3) is 0 Å². The summed E-state index contributed by atoms with van der Waals surface area (Å²) in [5, 5.41) is 9.06. The molecule has 0 aliphatic carbocycles. The number of nitrogens with two attached hydrogens (primary N) is 1. The summed E-state index contributed by atoms with van der Waals surface area (Å²) in [5.41, 5.74) is 5.75. The summed E-state index contributed by atoms with van der Waals surface area (Å²) >= 11 is 0. The fourth-order valence-corrected chi connectivity index (χ4v) is 1.96. The van der Waals surface area contributed by atoms with Crippen molar-refractivity contribution in [1.29, 1.82) is 0 Å². The second-order valence-electron chi connectivity index (χ2n) is 3.91. The highest BCUT2D eigenvalue weighted by Gasteiger charge is 2.30. The molecule has 4 nitrogen and oxygen atoms in total. The second kappa shape index (κ2) is 5.32. The predicted molar refractivity (Wildman–Crippen MR) is 54.7 cm³/mol. The smallest absolute Gasteiger partial charge is 0.239 e. The minimum atomic E-state index is -0.382. The molecule has 1 aliphatic rings. The van der Waals surface area contributed by atoms with E-state index in [0.29, 0.717) is 0 Å². The first-order valence-corrected chi connectivity index (χ1v) is 5.37. The SMILES string of the molecule is CCC[C@H](N)C(=O)N1CCCC1CO. The zero-order chi connectivity index (χ0) is 10.6. The van der Waals surface area contributed by atoms with Gasteiger partial charge in [-0.3, -0.25) is 4.79 Å². The van der Waals surface area contributed by atoms with Crippen LogP contribution < -0.4 is 5.73 Å². The van der Waals surface area contributed by atoms with Crippen LogP contribution in [0.1, 0.15) is 32.6 Å². The molecule has 1 fully saturated rings. The van der Waals surface area contributed by atoms with Crippen molar-refractivity contribution < 1.29 is 9.90 Å².